The third-order valence-corrected chi connectivity index (χ3v) is 1.95. The monoisotopic (exact) mass is 223 g/mol. The van der Waals surface area contributed by atoms with Gasteiger partial charge in [-0.3, -0.25) is 4.79 Å². The summed E-state index contributed by atoms with van der Waals surface area (Å²) in [7, 11) is 1.51. The zero-order valence-corrected chi connectivity index (χ0v) is 9.86. The van der Waals surface area contributed by atoms with E-state index in [1.54, 1.807) is 12.4 Å². The van der Waals surface area contributed by atoms with Crippen LogP contribution < -0.4 is 10.1 Å². The number of aromatic nitrogens is 2. The predicted molar refractivity (Wildman–Crippen MR) is 59.9 cm³/mol. The molecule has 0 aromatic carbocycles. The molecule has 0 bridgehead atoms. The number of amides is 1. The summed E-state index contributed by atoms with van der Waals surface area (Å²) < 4.78 is 4.84. The average Bonchev–Trinajstić information content (AvgIpc) is 2.26. The summed E-state index contributed by atoms with van der Waals surface area (Å²) in [5.41, 5.74) is 0.859. The molecule has 0 fully saturated rings. The highest BCUT2D eigenvalue weighted by Gasteiger charge is 2.04. The molecule has 0 aliphatic carbocycles. The molecular weight excluding hydrogens is 206 g/mol. The Balaban J connectivity index is 2.39. The van der Waals surface area contributed by atoms with Gasteiger partial charge in [0.1, 0.15) is 0 Å². The highest BCUT2D eigenvalue weighted by molar-refractivity contribution is 5.75. The Labute approximate surface area is 95.3 Å². The van der Waals surface area contributed by atoms with Crippen LogP contribution >= 0.6 is 0 Å². The first-order chi connectivity index (χ1) is 7.61. The van der Waals surface area contributed by atoms with Crippen LogP contribution in [0, 0.1) is 5.92 Å². The maximum absolute atomic E-state index is 11.4. The van der Waals surface area contributed by atoms with Crippen LogP contribution in [-0.4, -0.2) is 23.0 Å². The van der Waals surface area contributed by atoms with E-state index < -0.39 is 0 Å². The Kier molecular flexibility index (Phi) is 4.69. The van der Waals surface area contributed by atoms with Gasteiger partial charge in [-0.05, 0) is 5.92 Å². The number of nitrogens with one attached hydrogen (secondary N) is 1. The second kappa shape index (κ2) is 6.05. The van der Waals surface area contributed by atoms with Crippen molar-refractivity contribution in [1.29, 1.82) is 0 Å². The van der Waals surface area contributed by atoms with Crippen molar-refractivity contribution in [3.8, 4) is 6.01 Å². The van der Waals surface area contributed by atoms with E-state index in [9.17, 15) is 4.79 Å². The minimum absolute atomic E-state index is 0.0471. The second-order valence-corrected chi connectivity index (χ2v) is 3.95. The fourth-order valence-corrected chi connectivity index (χ4v) is 1.18. The number of rotatable bonds is 5. The SMILES string of the molecule is COc1ncc(CNC(=O)CC(C)C)cn1. The Morgan fingerprint density at radius 2 is 2.06 bits per heavy atom. The molecule has 0 atom stereocenters. The van der Waals surface area contributed by atoms with Crippen LogP contribution in [0.5, 0.6) is 6.01 Å². The number of carbonyl (C=O) groups is 1. The predicted octanol–water partition coefficient (Wildman–Crippen LogP) is 1.15. The fourth-order valence-electron chi connectivity index (χ4n) is 1.18. The zero-order chi connectivity index (χ0) is 12.0. The van der Waals surface area contributed by atoms with Gasteiger partial charge in [-0.25, -0.2) is 9.97 Å². The fraction of sp³-hybridized carbons (Fsp3) is 0.545. The van der Waals surface area contributed by atoms with E-state index in [0.717, 1.165) is 5.56 Å². The van der Waals surface area contributed by atoms with Gasteiger partial charge < -0.3 is 10.1 Å². The quantitative estimate of drug-likeness (QED) is 0.813. The number of nitrogens with zero attached hydrogens (tertiary/aromatic N) is 2. The first-order valence-electron chi connectivity index (χ1n) is 5.23. The Bertz CT molecular complexity index is 336. The van der Waals surface area contributed by atoms with Crippen LogP contribution in [0.2, 0.25) is 0 Å². The first kappa shape index (κ1) is 12.4. The number of hydrogen-bond donors (Lipinski definition) is 1. The van der Waals surface area contributed by atoms with Crippen molar-refractivity contribution in [2.24, 2.45) is 5.92 Å². The third kappa shape index (κ3) is 4.25. The molecule has 0 saturated heterocycles. The highest BCUT2D eigenvalue weighted by Crippen LogP contribution is 2.02. The minimum Gasteiger partial charge on any atom is -0.467 e. The highest BCUT2D eigenvalue weighted by atomic mass is 16.5. The van der Waals surface area contributed by atoms with Gasteiger partial charge in [0.25, 0.3) is 0 Å². The van der Waals surface area contributed by atoms with Crippen LogP contribution in [0.1, 0.15) is 25.8 Å². The molecular formula is C11H17N3O2. The standard InChI is InChI=1S/C11H17N3O2/c1-8(2)4-10(15)12-5-9-6-13-11(16-3)14-7-9/h6-8H,4-5H2,1-3H3,(H,12,15). The molecule has 1 heterocycles. The van der Waals surface area contributed by atoms with E-state index in [1.165, 1.54) is 7.11 Å². The average molecular weight is 223 g/mol. The van der Waals surface area contributed by atoms with Crippen molar-refractivity contribution < 1.29 is 9.53 Å². The lowest BCUT2D eigenvalue weighted by atomic mass is 10.1. The summed E-state index contributed by atoms with van der Waals surface area (Å²) in [6.45, 7) is 4.47. The largest absolute Gasteiger partial charge is 0.467 e. The van der Waals surface area contributed by atoms with Crippen LogP contribution in [-0.2, 0) is 11.3 Å². The molecule has 0 unspecified atom stereocenters. The molecule has 0 aliphatic heterocycles. The molecule has 0 saturated carbocycles. The summed E-state index contributed by atoms with van der Waals surface area (Å²) in [6, 6.07) is 0.331. The second-order valence-electron chi connectivity index (χ2n) is 3.95. The summed E-state index contributed by atoms with van der Waals surface area (Å²) in [5, 5.41) is 2.81. The summed E-state index contributed by atoms with van der Waals surface area (Å²) in [5.74, 6) is 0.415. The van der Waals surface area contributed by atoms with Crippen molar-refractivity contribution in [3.05, 3.63) is 18.0 Å². The van der Waals surface area contributed by atoms with E-state index in [2.05, 4.69) is 15.3 Å². The van der Waals surface area contributed by atoms with Gasteiger partial charge in [-0.1, -0.05) is 13.8 Å². The van der Waals surface area contributed by atoms with Gasteiger partial charge in [-0.15, -0.1) is 0 Å². The molecule has 0 spiro atoms. The summed E-state index contributed by atoms with van der Waals surface area (Å²) in [4.78, 5) is 19.3. The molecule has 88 valence electrons. The van der Waals surface area contributed by atoms with Crippen molar-refractivity contribution >= 4 is 5.91 Å². The molecule has 0 aliphatic rings. The topological polar surface area (TPSA) is 64.1 Å². The number of carbonyl (C=O) groups excluding carboxylic acids is 1. The van der Waals surface area contributed by atoms with Gasteiger partial charge in [-0.2, -0.15) is 0 Å². The maximum Gasteiger partial charge on any atom is 0.316 e. The summed E-state index contributed by atoms with van der Waals surface area (Å²) >= 11 is 0. The molecule has 1 amide bonds. The van der Waals surface area contributed by atoms with Gasteiger partial charge in [0.05, 0.1) is 7.11 Å². The number of methoxy groups -OCH3 is 1. The van der Waals surface area contributed by atoms with E-state index in [-0.39, 0.29) is 5.91 Å². The van der Waals surface area contributed by atoms with Crippen molar-refractivity contribution in [2.45, 2.75) is 26.8 Å². The Morgan fingerprint density at radius 1 is 1.44 bits per heavy atom. The lowest BCUT2D eigenvalue weighted by Crippen LogP contribution is -2.24. The number of ether oxygens (including phenoxy) is 1. The van der Waals surface area contributed by atoms with E-state index in [0.29, 0.717) is 24.9 Å². The van der Waals surface area contributed by atoms with Gasteiger partial charge in [0, 0.05) is 30.9 Å². The van der Waals surface area contributed by atoms with Crippen LogP contribution in [0.4, 0.5) is 0 Å². The molecule has 1 N–H and O–H groups in total. The van der Waals surface area contributed by atoms with Gasteiger partial charge >= 0.3 is 6.01 Å². The first-order valence-corrected chi connectivity index (χ1v) is 5.23. The van der Waals surface area contributed by atoms with E-state index in [4.69, 9.17) is 4.74 Å². The molecule has 5 nitrogen and oxygen atoms in total. The lowest BCUT2D eigenvalue weighted by molar-refractivity contribution is -0.121. The molecule has 1 rings (SSSR count). The molecule has 5 heteroatoms. The van der Waals surface area contributed by atoms with Gasteiger partial charge in [0.15, 0.2) is 0 Å². The summed E-state index contributed by atoms with van der Waals surface area (Å²) in [6.07, 6.45) is 3.82. The maximum atomic E-state index is 11.4. The Hall–Kier alpha value is -1.65. The van der Waals surface area contributed by atoms with E-state index >= 15 is 0 Å². The normalized spacial score (nSPS) is 10.2. The van der Waals surface area contributed by atoms with Crippen molar-refractivity contribution in [2.75, 3.05) is 7.11 Å². The lowest BCUT2D eigenvalue weighted by Gasteiger charge is -2.06. The van der Waals surface area contributed by atoms with Crippen molar-refractivity contribution in [3.63, 3.8) is 0 Å². The van der Waals surface area contributed by atoms with Crippen LogP contribution in [0.25, 0.3) is 0 Å². The molecule has 1 aromatic heterocycles. The van der Waals surface area contributed by atoms with Gasteiger partial charge in [0.2, 0.25) is 5.91 Å². The van der Waals surface area contributed by atoms with Crippen LogP contribution in [0.3, 0.4) is 0 Å². The third-order valence-electron chi connectivity index (χ3n) is 1.95. The van der Waals surface area contributed by atoms with Crippen LogP contribution in [0.15, 0.2) is 12.4 Å². The van der Waals surface area contributed by atoms with Crippen molar-refractivity contribution in [1.82, 2.24) is 15.3 Å². The molecule has 16 heavy (non-hydrogen) atoms. The zero-order valence-electron chi connectivity index (χ0n) is 9.86. The smallest absolute Gasteiger partial charge is 0.316 e. The molecule has 1 aromatic rings. The minimum atomic E-state index is 0.0471. The van der Waals surface area contributed by atoms with E-state index in [1.807, 2.05) is 13.8 Å². The number of hydrogen-bond acceptors (Lipinski definition) is 4. The Morgan fingerprint density at radius 3 is 2.56 bits per heavy atom. The molecule has 0 radical (unpaired) electrons.